The summed E-state index contributed by atoms with van der Waals surface area (Å²) >= 11 is 1.50. The molecule has 28 heavy (non-hydrogen) atoms. The summed E-state index contributed by atoms with van der Waals surface area (Å²) in [5.41, 5.74) is 2.13. The molecule has 152 valence electrons. The van der Waals surface area contributed by atoms with E-state index in [1.165, 1.54) is 44.4 Å². The van der Waals surface area contributed by atoms with Gasteiger partial charge in [0, 0.05) is 11.1 Å². The number of carboxylic acids is 1. The zero-order chi connectivity index (χ0) is 21.1. The number of sulfonamides is 1. The quantitative estimate of drug-likeness (QED) is 0.778. The lowest BCUT2D eigenvalue weighted by Gasteiger charge is -2.39. The minimum absolute atomic E-state index is 0.0154. The molecule has 0 unspecified atom stereocenters. The van der Waals surface area contributed by atoms with Crippen LogP contribution in [-0.4, -0.2) is 30.7 Å². The van der Waals surface area contributed by atoms with E-state index < -0.39 is 16.0 Å². The maximum Gasteiger partial charge on any atom is 0.337 e. The van der Waals surface area contributed by atoms with Gasteiger partial charge < -0.3 is 5.11 Å². The second-order valence-corrected chi connectivity index (χ2v) is 11.6. The molecule has 6 nitrogen and oxygen atoms in total. The summed E-state index contributed by atoms with van der Waals surface area (Å²) in [5, 5.41) is 9.72. The van der Waals surface area contributed by atoms with Gasteiger partial charge in [-0.3, -0.25) is 0 Å². The summed E-state index contributed by atoms with van der Waals surface area (Å²) < 4.78 is 26.7. The first-order valence-corrected chi connectivity index (χ1v) is 11.8. The van der Waals surface area contributed by atoms with Crippen LogP contribution < -0.4 is 4.31 Å². The summed E-state index contributed by atoms with van der Waals surface area (Å²) in [7, 11) is -3.67. The highest BCUT2D eigenvalue weighted by Crippen LogP contribution is 2.54. The van der Waals surface area contributed by atoms with E-state index in [1.54, 1.807) is 0 Å². The van der Waals surface area contributed by atoms with Gasteiger partial charge in [-0.25, -0.2) is 22.5 Å². The van der Waals surface area contributed by atoms with Crippen LogP contribution in [0.2, 0.25) is 0 Å². The molecule has 0 saturated heterocycles. The first-order valence-electron chi connectivity index (χ1n) is 9.10. The van der Waals surface area contributed by atoms with Crippen molar-refractivity contribution in [1.82, 2.24) is 4.98 Å². The topological polar surface area (TPSA) is 87.6 Å². The van der Waals surface area contributed by atoms with E-state index in [0.717, 1.165) is 24.7 Å². The number of carboxylic acid groups (broad SMARTS) is 1. The van der Waals surface area contributed by atoms with Gasteiger partial charge >= 0.3 is 5.97 Å². The van der Waals surface area contributed by atoms with E-state index in [4.69, 9.17) is 5.11 Å². The van der Waals surface area contributed by atoms with Crippen LogP contribution in [-0.2, 0) is 20.9 Å². The third-order valence-corrected chi connectivity index (χ3v) is 8.30. The maximum absolute atomic E-state index is 12.7. The number of hydrogen-bond donors (Lipinski definition) is 1. The number of fused-ring (bicyclic) bond motifs is 1. The van der Waals surface area contributed by atoms with Gasteiger partial charge in [0.25, 0.3) is 0 Å². The number of nitrogens with zero attached hydrogens (tertiary/aromatic N) is 2. The molecule has 3 rings (SSSR count). The molecule has 0 aromatic carbocycles. The summed E-state index contributed by atoms with van der Waals surface area (Å²) in [6.45, 7) is 10.8. The predicted molar refractivity (Wildman–Crippen MR) is 113 cm³/mol. The van der Waals surface area contributed by atoms with Crippen LogP contribution in [0.25, 0.3) is 0 Å². The third-order valence-electron chi connectivity index (χ3n) is 5.51. The number of aromatic nitrogens is 1. The average molecular weight is 423 g/mol. The molecule has 0 bridgehead atoms. The average Bonchev–Trinajstić information content (AvgIpc) is 2.91. The molecule has 8 heteroatoms. The smallest absolute Gasteiger partial charge is 0.337 e. The van der Waals surface area contributed by atoms with Crippen LogP contribution in [0.15, 0.2) is 18.3 Å². The van der Waals surface area contributed by atoms with Gasteiger partial charge in [0.15, 0.2) is 0 Å². The molecule has 1 N–H and O–H groups in total. The molecule has 0 spiro atoms. The van der Waals surface area contributed by atoms with E-state index in [9.17, 15) is 13.2 Å². The summed E-state index contributed by atoms with van der Waals surface area (Å²) in [6, 6.07) is 2.82. The second kappa shape index (κ2) is 6.56. The van der Waals surface area contributed by atoms with Crippen molar-refractivity contribution < 1.29 is 18.3 Å². The number of thiophene rings is 1. The van der Waals surface area contributed by atoms with E-state index >= 15 is 0 Å². The molecule has 2 aromatic heterocycles. The van der Waals surface area contributed by atoms with Crippen LogP contribution in [0, 0.1) is 6.92 Å². The molecular weight excluding hydrogens is 396 g/mol. The number of hydrogen-bond acceptors (Lipinski definition) is 5. The van der Waals surface area contributed by atoms with Crippen molar-refractivity contribution in [2.75, 3.05) is 10.6 Å². The molecular formula is C20H26N2O4S2. The minimum Gasteiger partial charge on any atom is -0.478 e. The largest absolute Gasteiger partial charge is 0.478 e. The first-order chi connectivity index (χ1) is 12.8. The maximum atomic E-state index is 12.7. The van der Waals surface area contributed by atoms with Gasteiger partial charge in [0.05, 0.1) is 11.8 Å². The fourth-order valence-electron chi connectivity index (χ4n) is 3.91. The van der Waals surface area contributed by atoms with Crippen molar-refractivity contribution >= 4 is 38.1 Å². The number of pyridine rings is 1. The molecule has 0 aliphatic heterocycles. The Labute approximate surface area is 170 Å². The van der Waals surface area contributed by atoms with Gasteiger partial charge in [0.1, 0.15) is 10.8 Å². The lowest BCUT2D eigenvalue weighted by atomic mass is 9.66. The Morgan fingerprint density at radius 2 is 1.79 bits per heavy atom. The van der Waals surface area contributed by atoms with Gasteiger partial charge in [-0.15, -0.1) is 11.3 Å². The van der Waals surface area contributed by atoms with Crippen LogP contribution in [0.3, 0.4) is 0 Å². The second-order valence-electron chi connectivity index (χ2n) is 8.74. The monoisotopic (exact) mass is 422 g/mol. The SMILES string of the molecule is Cc1c(N(c2ccc(C(=O)O)cn2)S(C)(=O)=O)sc2c1C(C)(C)CCC2(C)C. The Hall–Kier alpha value is -1.93. The van der Waals surface area contributed by atoms with Crippen LogP contribution >= 0.6 is 11.3 Å². The predicted octanol–water partition coefficient (Wildman–Crippen LogP) is 4.60. The Morgan fingerprint density at radius 1 is 1.18 bits per heavy atom. The van der Waals surface area contributed by atoms with Crippen molar-refractivity contribution in [3.05, 3.63) is 39.9 Å². The summed E-state index contributed by atoms with van der Waals surface area (Å²) in [6.07, 6.45) is 4.41. The Balaban J connectivity index is 2.24. The van der Waals surface area contributed by atoms with Gasteiger partial charge in [0.2, 0.25) is 10.0 Å². The van der Waals surface area contributed by atoms with E-state index in [1.807, 2.05) is 6.92 Å². The number of carbonyl (C=O) groups is 1. The Morgan fingerprint density at radius 3 is 2.25 bits per heavy atom. The number of anilines is 2. The highest BCUT2D eigenvalue weighted by Gasteiger charge is 2.42. The number of rotatable bonds is 4. The molecule has 1 aliphatic carbocycles. The fraction of sp³-hybridized carbons (Fsp3) is 0.500. The third kappa shape index (κ3) is 3.43. The van der Waals surface area contributed by atoms with Crippen molar-refractivity contribution in [3.8, 4) is 0 Å². The zero-order valence-electron chi connectivity index (χ0n) is 17.0. The van der Waals surface area contributed by atoms with Crippen molar-refractivity contribution in [3.63, 3.8) is 0 Å². The zero-order valence-corrected chi connectivity index (χ0v) is 18.7. The molecule has 0 fully saturated rings. The van der Waals surface area contributed by atoms with Crippen molar-refractivity contribution in [2.24, 2.45) is 0 Å². The van der Waals surface area contributed by atoms with Gasteiger partial charge in [-0.2, -0.15) is 0 Å². The highest BCUT2D eigenvalue weighted by atomic mass is 32.2. The first kappa shape index (κ1) is 20.8. The fourth-order valence-corrected chi connectivity index (χ4v) is 6.85. The van der Waals surface area contributed by atoms with E-state index in [-0.39, 0.29) is 22.2 Å². The van der Waals surface area contributed by atoms with E-state index in [0.29, 0.717) is 5.00 Å². The Kier molecular flexibility index (Phi) is 4.87. The van der Waals surface area contributed by atoms with Gasteiger partial charge in [-0.05, 0) is 53.9 Å². The molecule has 0 radical (unpaired) electrons. The normalized spacial score (nSPS) is 17.8. The van der Waals surface area contributed by atoms with Crippen LogP contribution in [0.4, 0.5) is 10.8 Å². The number of aromatic carboxylic acids is 1. The van der Waals surface area contributed by atoms with Crippen molar-refractivity contribution in [1.29, 1.82) is 0 Å². The standard InChI is InChI=1S/C20H26N2O4S2/c1-12-15-16(20(4,5)10-9-19(15,2)3)27-17(12)22(28(6,25)26)14-8-7-13(11-21-14)18(23)24/h7-8,11H,9-10H2,1-6H3,(H,23,24). The molecule has 1 aliphatic rings. The minimum atomic E-state index is -3.67. The molecule has 0 atom stereocenters. The molecule has 0 amide bonds. The Bertz CT molecular complexity index is 1030. The highest BCUT2D eigenvalue weighted by molar-refractivity contribution is 7.92. The van der Waals surface area contributed by atoms with Crippen LogP contribution in [0.5, 0.6) is 0 Å². The molecule has 2 heterocycles. The molecule has 0 saturated carbocycles. The summed E-state index contributed by atoms with van der Waals surface area (Å²) in [4.78, 5) is 16.5. The van der Waals surface area contributed by atoms with Gasteiger partial charge in [-0.1, -0.05) is 27.7 Å². The lowest BCUT2D eigenvalue weighted by molar-refractivity contribution is 0.0696. The summed E-state index contributed by atoms with van der Waals surface area (Å²) in [5.74, 6) is -0.902. The molecule has 2 aromatic rings. The van der Waals surface area contributed by atoms with Crippen molar-refractivity contribution in [2.45, 2.75) is 58.3 Å². The lowest BCUT2D eigenvalue weighted by Crippen LogP contribution is -2.32. The van der Waals surface area contributed by atoms with Crippen LogP contribution in [0.1, 0.15) is 66.9 Å². The van der Waals surface area contributed by atoms with E-state index in [2.05, 4.69) is 32.7 Å².